The zero-order chi connectivity index (χ0) is 20.3. The molecular weight excluding hydrogens is 440 g/mol. The number of aromatic amines is 1. The van der Waals surface area contributed by atoms with Gasteiger partial charge in [-0.2, -0.15) is 0 Å². The maximum absolute atomic E-state index is 12.9. The maximum Gasteiger partial charge on any atom is 0.212 e. The number of carbonyl (C=O) groups is 1. The van der Waals surface area contributed by atoms with Crippen LogP contribution in [0.25, 0.3) is 10.9 Å². The van der Waals surface area contributed by atoms with Gasteiger partial charge in [0.15, 0.2) is 0 Å². The van der Waals surface area contributed by atoms with Gasteiger partial charge in [-0.05, 0) is 61.3 Å². The summed E-state index contributed by atoms with van der Waals surface area (Å²) in [5.74, 6) is 0.375. The van der Waals surface area contributed by atoms with Crippen LogP contribution in [0.5, 0.6) is 0 Å². The highest BCUT2D eigenvalue weighted by Crippen LogP contribution is 2.64. The van der Waals surface area contributed by atoms with E-state index in [0.717, 1.165) is 33.1 Å². The second kappa shape index (κ2) is 6.67. The number of fused-ring (bicyclic) bond motifs is 3. The van der Waals surface area contributed by atoms with Crippen LogP contribution in [-0.2, 0) is 21.2 Å². The molecule has 2 N–H and O–H groups in total. The first kappa shape index (κ1) is 20.1. The van der Waals surface area contributed by atoms with Crippen LogP contribution in [0.2, 0.25) is 0 Å². The molecule has 0 spiro atoms. The largest absolute Gasteiger partial charge is 0.358 e. The van der Waals surface area contributed by atoms with E-state index in [4.69, 9.17) is 0 Å². The minimum absolute atomic E-state index is 0.0826. The van der Waals surface area contributed by atoms with E-state index in [1.807, 2.05) is 19.1 Å². The van der Waals surface area contributed by atoms with E-state index in [9.17, 15) is 13.2 Å². The van der Waals surface area contributed by atoms with Crippen LogP contribution in [0.4, 0.5) is 0 Å². The molecule has 1 aromatic carbocycles. The molecule has 0 unspecified atom stereocenters. The highest BCUT2D eigenvalue weighted by Gasteiger charge is 2.65. The molecule has 2 fully saturated rings. The predicted octanol–water partition coefficient (Wildman–Crippen LogP) is 4.10. The zero-order valence-electron chi connectivity index (χ0n) is 16.6. The van der Waals surface area contributed by atoms with Gasteiger partial charge in [0.2, 0.25) is 10.0 Å². The molecule has 5 nitrogen and oxygen atoms in total. The molecule has 2 atom stereocenters. The number of Topliss-reactive ketones (excluding diaryl/α,β-unsaturated/α-hetero) is 1. The quantitative estimate of drug-likeness (QED) is 0.672. The number of halogens is 1. The Balaban J connectivity index is 1.48. The van der Waals surface area contributed by atoms with E-state index in [1.165, 1.54) is 0 Å². The molecule has 7 heteroatoms. The Hall–Kier alpha value is -1.18. The fraction of sp³-hybridized carbons (Fsp3) is 0.571. The summed E-state index contributed by atoms with van der Waals surface area (Å²) in [7, 11) is -3.53. The SMILES string of the molecule is Cc1[nH]c2ccc(Br)cc2c1CCNS(=O)(=O)C[C@]12CC[C@@H](CC1=O)C2(C)C. The molecule has 0 amide bonds. The Bertz CT molecular complexity index is 1060. The first-order valence-corrected chi connectivity index (χ1v) is 12.3. The maximum atomic E-state index is 12.9. The van der Waals surface area contributed by atoms with Crippen molar-refractivity contribution in [3.8, 4) is 0 Å². The Kier molecular flexibility index (Phi) is 4.79. The molecule has 2 bridgehead atoms. The minimum Gasteiger partial charge on any atom is -0.358 e. The van der Waals surface area contributed by atoms with Crippen LogP contribution in [0, 0.1) is 23.7 Å². The molecule has 28 heavy (non-hydrogen) atoms. The van der Waals surface area contributed by atoms with Crippen molar-refractivity contribution in [2.24, 2.45) is 16.7 Å². The molecular formula is C21H27BrN2O3S. The molecule has 1 heterocycles. The lowest BCUT2D eigenvalue weighted by Crippen LogP contribution is -2.45. The molecule has 2 aliphatic rings. The molecule has 152 valence electrons. The van der Waals surface area contributed by atoms with E-state index in [0.29, 0.717) is 31.7 Å². The standard InChI is InChI=1S/C21H27BrN2O3S/c1-13-16(17-11-15(22)4-5-18(17)24-13)7-9-23-28(26,27)12-21-8-6-14(10-19(21)25)20(21,2)3/h4-5,11,14,23-24H,6-10,12H2,1-3H3/t14-,21+/m0/s1. The third-order valence-electron chi connectivity index (χ3n) is 7.35. The summed E-state index contributed by atoms with van der Waals surface area (Å²) in [6, 6.07) is 6.06. The summed E-state index contributed by atoms with van der Waals surface area (Å²) in [6.07, 6.45) is 2.79. The zero-order valence-corrected chi connectivity index (χ0v) is 19.0. The Labute approximate surface area is 174 Å². The van der Waals surface area contributed by atoms with E-state index in [1.54, 1.807) is 0 Å². The van der Waals surface area contributed by atoms with Crippen molar-refractivity contribution in [2.75, 3.05) is 12.3 Å². The fourth-order valence-corrected chi connectivity index (χ4v) is 7.69. The molecule has 0 aliphatic heterocycles. The van der Waals surface area contributed by atoms with Crippen LogP contribution >= 0.6 is 15.9 Å². The average Bonchev–Trinajstić information content (AvgIpc) is 3.09. The van der Waals surface area contributed by atoms with E-state index in [-0.39, 0.29) is 17.0 Å². The van der Waals surface area contributed by atoms with Gasteiger partial charge in [-0.1, -0.05) is 29.8 Å². The van der Waals surface area contributed by atoms with Crippen LogP contribution < -0.4 is 4.72 Å². The highest BCUT2D eigenvalue weighted by molar-refractivity contribution is 9.10. The van der Waals surface area contributed by atoms with Gasteiger partial charge in [0.05, 0.1) is 5.75 Å². The lowest BCUT2D eigenvalue weighted by Gasteiger charge is -2.36. The number of sulfonamides is 1. The fourth-order valence-electron chi connectivity index (χ4n) is 5.49. The second-order valence-electron chi connectivity index (χ2n) is 8.99. The first-order chi connectivity index (χ1) is 13.1. The second-order valence-corrected chi connectivity index (χ2v) is 11.7. The normalized spacial score (nSPS) is 26.4. The highest BCUT2D eigenvalue weighted by atomic mass is 79.9. The van der Waals surface area contributed by atoms with Crippen molar-refractivity contribution in [1.29, 1.82) is 0 Å². The number of hydrogen-bond acceptors (Lipinski definition) is 3. The molecule has 4 rings (SSSR count). The number of H-pyrrole nitrogens is 1. The number of benzene rings is 1. The monoisotopic (exact) mass is 466 g/mol. The van der Waals surface area contributed by atoms with Gasteiger partial charge in [0, 0.05) is 39.5 Å². The summed E-state index contributed by atoms with van der Waals surface area (Å²) in [5, 5.41) is 1.11. The number of hydrogen-bond donors (Lipinski definition) is 2. The molecule has 0 radical (unpaired) electrons. The summed E-state index contributed by atoms with van der Waals surface area (Å²) >= 11 is 3.50. The van der Waals surface area contributed by atoms with Crippen molar-refractivity contribution in [3.05, 3.63) is 33.9 Å². The smallest absolute Gasteiger partial charge is 0.212 e. The third-order valence-corrected chi connectivity index (χ3v) is 9.36. The first-order valence-electron chi connectivity index (χ1n) is 9.83. The number of nitrogens with one attached hydrogen (secondary N) is 2. The molecule has 2 aliphatic carbocycles. The number of rotatable bonds is 6. The van der Waals surface area contributed by atoms with Crippen molar-refractivity contribution < 1.29 is 13.2 Å². The summed E-state index contributed by atoms with van der Waals surface area (Å²) in [5.41, 5.74) is 2.27. The lowest BCUT2D eigenvalue weighted by molar-refractivity contribution is -0.128. The number of ketones is 1. The van der Waals surface area contributed by atoms with Gasteiger partial charge in [0.25, 0.3) is 0 Å². The third kappa shape index (κ3) is 3.06. The van der Waals surface area contributed by atoms with Crippen LogP contribution in [0.3, 0.4) is 0 Å². The Morgan fingerprint density at radius 2 is 2.07 bits per heavy atom. The Morgan fingerprint density at radius 1 is 1.32 bits per heavy atom. The van der Waals surface area contributed by atoms with Gasteiger partial charge in [-0.3, -0.25) is 4.79 Å². The molecule has 0 saturated heterocycles. The lowest BCUT2D eigenvalue weighted by atomic mass is 9.70. The summed E-state index contributed by atoms with van der Waals surface area (Å²) in [4.78, 5) is 16.0. The Morgan fingerprint density at radius 3 is 2.71 bits per heavy atom. The molecule has 2 saturated carbocycles. The van der Waals surface area contributed by atoms with E-state index in [2.05, 4.69) is 45.5 Å². The van der Waals surface area contributed by atoms with E-state index < -0.39 is 15.4 Å². The summed E-state index contributed by atoms with van der Waals surface area (Å²) < 4.78 is 29.5. The predicted molar refractivity (Wildman–Crippen MR) is 115 cm³/mol. The van der Waals surface area contributed by atoms with Crippen molar-refractivity contribution >= 4 is 42.6 Å². The van der Waals surface area contributed by atoms with Gasteiger partial charge in [0.1, 0.15) is 5.78 Å². The van der Waals surface area contributed by atoms with Gasteiger partial charge in [-0.25, -0.2) is 13.1 Å². The van der Waals surface area contributed by atoms with Crippen molar-refractivity contribution in [2.45, 2.75) is 46.5 Å². The van der Waals surface area contributed by atoms with E-state index >= 15 is 0 Å². The molecule has 1 aromatic heterocycles. The van der Waals surface area contributed by atoms with Crippen LogP contribution in [0.15, 0.2) is 22.7 Å². The minimum atomic E-state index is -3.53. The van der Waals surface area contributed by atoms with Crippen LogP contribution in [-0.4, -0.2) is 31.5 Å². The topological polar surface area (TPSA) is 79.0 Å². The average molecular weight is 467 g/mol. The van der Waals surface area contributed by atoms with Gasteiger partial charge >= 0.3 is 0 Å². The van der Waals surface area contributed by atoms with Gasteiger partial charge in [-0.15, -0.1) is 0 Å². The van der Waals surface area contributed by atoms with Crippen LogP contribution in [0.1, 0.15) is 44.4 Å². The summed E-state index contributed by atoms with van der Waals surface area (Å²) in [6.45, 7) is 6.47. The number of aryl methyl sites for hydroxylation is 1. The van der Waals surface area contributed by atoms with Gasteiger partial charge < -0.3 is 4.98 Å². The number of aromatic nitrogens is 1. The van der Waals surface area contributed by atoms with Crippen molar-refractivity contribution in [3.63, 3.8) is 0 Å². The number of carbonyl (C=O) groups excluding carboxylic acids is 1. The van der Waals surface area contributed by atoms with Crippen molar-refractivity contribution in [1.82, 2.24) is 9.71 Å². The molecule has 2 aromatic rings.